The van der Waals surface area contributed by atoms with Gasteiger partial charge in [0.2, 0.25) is 0 Å². The van der Waals surface area contributed by atoms with E-state index in [4.69, 9.17) is 9.47 Å². The number of benzene rings is 2. The summed E-state index contributed by atoms with van der Waals surface area (Å²) in [6, 6.07) is 8.71. The van der Waals surface area contributed by atoms with E-state index in [1.165, 1.54) is 35.2 Å². The van der Waals surface area contributed by atoms with E-state index in [-0.39, 0.29) is 34.6 Å². The third-order valence-electron chi connectivity index (χ3n) is 4.87. The highest BCUT2D eigenvalue weighted by atomic mass is 32.2. The predicted molar refractivity (Wildman–Crippen MR) is 112 cm³/mol. The Hall–Kier alpha value is -2.75. The summed E-state index contributed by atoms with van der Waals surface area (Å²) in [7, 11) is -3.54. The quantitative estimate of drug-likeness (QED) is 0.632. The largest absolute Gasteiger partial charge is 0.490 e. The van der Waals surface area contributed by atoms with E-state index in [9.17, 15) is 26.4 Å². The second-order valence-corrected chi connectivity index (χ2v) is 9.92. The summed E-state index contributed by atoms with van der Waals surface area (Å²) >= 11 is 0. The molecule has 3 rings (SSSR count). The zero-order valence-corrected chi connectivity index (χ0v) is 18.7. The van der Waals surface area contributed by atoms with E-state index < -0.39 is 33.6 Å². The normalized spacial score (nSPS) is 17.0. The molecule has 0 radical (unpaired) electrons. The lowest BCUT2D eigenvalue weighted by Gasteiger charge is -2.21. The van der Waals surface area contributed by atoms with Crippen molar-refractivity contribution < 1.29 is 35.9 Å². The molecule has 1 unspecified atom stereocenters. The molecule has 32 heavy (non-hydrogen) atoms. The SMILES string of the molecule is CC(C)Oc1ccc(S(C)(=O)=O)cc1C(=O)N1CCC(Oc2cccc(C(F)(F)F)c2)C1. The molecule has 1 aliphatic heterocycles. The van der Waals surface area contributed by atoms with Gasteiger partial charge in [-0.1, -0.05) is 6.07 Å². The monoisotopic (exact) mass is 471 g/mol. The minimum absolute atomic E-state index is 0.00656. The molecule has 1 amide bonds. The van der Waals surface area contributed by atoms with Crippen LogP contribution < -0.4 is 9.47 Å². The minimum atomic E-state index is -4.48. The summed E-state index contributed by atoms with van der Waals surface area (Å²) in [5.41, 5.74) is -0.699. The predicted octanol–water partition coefficient (Wildman–Crippen LogP) is 4.19. The Morgan fingerprint density at radius 2 is 1.88 bits per heavy atom. The van der Waals surface area contributed by atoms with Crippen LogP contribution in [0.25, 0.3) is 0 Å². The average molecular weight is 471 g/mol. The van der Waals surface area contributed by atoms with E-state index >= 15 is 0 Å². The zero-order chi connectivity index (χ0) is 23.7. The number of hydrogen-bond acceptors (Lipinski definition) is 5. The van der Waals surface area contributed by atoms with Crippen molar-refractivity contribution >= 4 is 15.7 Å². The second kappa shape index (κ2) is 9.01. The molecule has 174 valence electrons. The van der Waals surface area contributed by atoms with Crippen molar-refractivity contribution in [3.8, 4) is 11.5 Å². The Morgan fingerprint density at radius 1 is 1.16 bits per heavy atom. The first-order chi connectivity index (χ1) is 14.8. The highest BCUT2D eigenvalue weighted by Gasteiger charge is 2.33. The van der Waals surface area contributed by atoms with Gasteiger partial charge in [-0.05, 0) is 50.2 Å². The van der Waals surface area contributed by atoms with Crippen molar-refractivity contribution in [3.63, 3.8) is 0 Å². The molecule has 0 saturated carbocycles. The molecule has 0 aliphatic carbocycles. The summed E-state index contributed by atoms with van der Waals surface area (Å²) in [6.45, 7) is 4.03. The number of carbonyl (C=O) groups excluding carboxylic acids is 1. The summed E-state index contributed by atoms with van der Waals surface area (Å²) in [4.78, 5) is 14.6. The summed E-state index contributed by atoms with van der Waals surface area (Å²) in [5.74, 6) is -0.0945. The number of likely N-dealkylation sites (tertiary alicyclic amines) is 1. The Kier molecular flexibility index (Phi) is 6.73. The maximum absolute atomic E-state index is 13.2. The van der Waals surface area contributed by atoms with Gasteiger partial charge in [-0.15, -0.1) is 0 Å². The number of halogens is 3. The van der Waals surface area contributed by atoms with E-state index in [1.807, 2.05) is 0 Å². The molecule has 2 aromatic carbocycles. The number of alkyl halides is 3. The fourth-order valence-corrected chi connectivity index (χ4v) is 4.03. The van der Waals surface area contributed by atoms with Gasteiger partial charge >= 0.3 is 6.18 Å². The molecule has 0 N–H and O–H groups in total. The number of ether oxygens (including phenoxy) is 2. The maximum atomic E-state index is 13.2. The molecule has 1 heterocycles. The number of rotatable bonds is 6. The molecule has 0 bridgehead atoms. The molecule has 1 atom stereocenters. The van der Waals surface area contributed by atoms with E-state index in [0.29, 0.717) is 13.0 Å². The number of hydrogen-bond donors (Lipinski definition) is 0. The standard InChI is InChI=1S/C22H24F3NO5S/c1-14(2)30-20-8-7-18(32(3,28)29)12-19(20)21(27)26-10-9-17(13-26)31-16-6-4-5-15(11-16)22(23,24)25/h4-8,11-12,14,17H,9-10,13H2,1-3H3. The van der Waals surface area contributed by atoms with Gasteiger partial charge in [0.1, 0.15) is 17.6 Å². The number of amides is 1. The van der Waals surface area contributed by atoms with Gasteiger partial charge in [-0.25, -0.2) is 8.42 Å². The molecular formula is C22H24F3NO5S. The molecule has 2 aromatic rings. The fraction of sp³-hybridized carbons (Fsp3) is 0.409. The van der Waals surface area contributed by atoms with Crippen LogP contribution >= 0.6 is 0 Å². The first kappa shape index (κ1) is 23.9. The van der Waals surface area contributed by atoms with Crippen molar-refractivity contribution in [3.05, 3.63) is 53.6 Å². The van der Waals surface area contributed by atoms with Crippen LogP contribution in [0.4, 0.5) is 13.2 Å². The Bertz CT molecular complexity index is 1100. The van der Waals surface area contributed by atoms with E-state index in [1.54, 1.807) is 13.8 Å². The van der Waals surface area contributed by atoms with Crippen LogP contribution in [0.15, 0.2) is 47.4 Å². The first-order valence-electron chi connectivity index (χ1n) is 9.98. The lowest BCUT2D eigenvalue weighted by Crippen LogP contribution is -2.31. The van der Waals surface area contributed by atoms with E-state index in [2.05, 4.69) is 0 Å². The highest BCUT2D eigenvalue weighted by molar-refractivity contribution is 7.90. The number of nitrogens with zero attached hydrogens (tertiary/aromatic N) is 1. The van der Waals surface area contributed by atoms with E-state index in [0.717, 1.165) is 18.4 Å². The van der Waals surface area contributed by atoms with Gasteiger partial charge in [0.15, 0.2) is 9.84 Å². The molecule has 1 fully saturated rings. The van der Waals surface area contributed by atoms with Crippen LogP contribution in [0.1, 0.15) is 36.2 Å². The number of sulfone groups is 1. The van der Waals surface area contributed by atoms with Gasteiger partial charge in [0.25, 0.3) is 5.91 Å². The van der Waals surface area contributed by atoms with Crippen LogP contribution in [0.5, 0.6) is 11.5 Å². The van der Waals surface area contributed by atoms with Crippen molar-refractivity contribution in [1.29, 1.82) is 0 Å². The third kappa shape index (κ3) is 5.73. The third-order valence-corrected chi connectivity index (χ3v) is 5.98. The lowest BCUT2D eigenvalue weighted by atomic mass is 10.1. The van der Waals surface area contributed by atoms with Crippen LogP contribution in [0.3, 0.4) is 0 Å². The molecule has 6 nitrogen and oxygen atoms in total. The summed E-state index contributed by atoms with van der Waals surface area (Å²) < 4.78 is 74.0. The van der Waals surface area contributed by atoms with Crippen molar-refractivity contribution in [2.75, 3.05) is 19.3 Å². The zero-order valence-electron chi connectivity index (χ0n) is 17.8. The topological polar surface area (TPSA) is 72.9 Å². The Balaban J connectivity index is 1.78. The maximum Gasteiger partial charge on any atom is 0.416 e. The van der Waals surface area contributed by atoms with Crippen LogP contribution in [0.2, 0.25) is 0 Å². The second-order valence-electron chi connectivity index (χ2n) is 7.90. The van der Waals surface area contributed by atoms with Crippen molar-refractivity contribution in [2.45, 2.75) is 43.5 Å². The summed E-state index contributed by atoms with van der Waals surface area (Å²) in [5, 5.41) is 0. The number of carbonyl (C=O) groups is 1. The van der Waals surface area contributed by atoms with Crippen LogP contribution in [-0.2, 0) is 16.0 Å². The molecule has 0 aromatic heterocycles. The van der Waals surface area contributed by atoms with Crippen molar-refractivity contribution in [1.82, 2.24) is 4.90 Å². The molecular weight excluding hydrogens is 447 g/mol. The van der Waals surface area contributed by atoms with Gasteiger partial charge in [-0.2, -0.15) is 13.2 Å². The Labute approximate surface area is 184 Å². The minimum Gasteiger partial charge on any atom is -0.490 e. The highest BCUT2D eigenvalue weighted by Crippen LogP contribution is 2.32. The Morgan fingerprint density at radius 3 is 2.50 bits per heavy atom. The molecule has 0 spiro atoms. The summed E-state index contributed by atoms with van der Waals surface area (Å²) in [6.07, 6.45) is -3.73. The van der Waals surface area contributed by atoms with Crippen molar-refractivity contribution in [2.24, 2.45) is 0 Å². The molecule has 1 aliphatic rings. The average Bonchev–Trinajstić information content (AvgIpc) is 3.14. The molecule has 10 heteroatoms. The van der Waals surface area contributed by atoms with Crippen LogP contribution in [0, 0.1) is 0 Å². The van der Waals surface area contributed by atoms with Gasteiger partial charge in [0, 0.05) is 19.2 Å². The smallest absolute Gasteiger partial charge is 0.416 e. The fourth-order valence-electron chi connectivity index (χ4n) is 3.38. The van der Waals surface area contributed by atoms with Gasteiger partial charge < -0.3 is 14.4 Å². The lowest BCUT2D eigenvalue weighted by molar-refractivity contribution is -0.137. The van der Waals surface area contributed by atoms with Gasteiger partial charge in [0.05, 0.1) is 28.7 Å². The molecule has 1 saturated heterocycles. The first-order valence-corrected chi connectivity index (χ1v) is 11.9. The van der Waals surface area contributed by atoms with Crippen LogP contribution in [-0.4, -0.2) is 50.8 Å². The van der Waals surface area contributed by atoms with Gasteiger partial charge in [-0.3, -0.25) is 4.79 Å².